The van der Waals surface area contributed by atoms with E-state index < -0.39 is 9.84 Å². The van der Waals surface area contributed by atoms with Gasteiger partial charge in [0.1, 0.15) is 0 Å². The maximum absolute atomic E-state index is 11.8. The summed E-state index contributed by atoms with van der Waals surface area (Å²) in [6, 6.07) is 9.09. The molecule has 0 unspecified atom stereocenters. The third-order valence-corrected chi connectivity index (χ3v) is 7.50. The summed E-state index contributed by atoms with van der Waals surface area (Å²) in [5.74, 6) is 2.47. The predicted octanol–water partition coefficient (Wildman–Crippen LogP) is 3.50. The first-order chi connectivity index (χ1) is 11.4. The number of rotatable bonds is 5. The van der Waals surface area contributed by atoms with E-state index >= 15 is 0 Å². The topological polar surface area (TPSA) is 37.4 Å². The first-order valence-electron chi connectivity index (χ1n) is 9.43. The van der Waals surface area contributed by atoms with Crippen molar-refractivity contribution in [2.45, 2.75) is 45.4 Å². The highest BCUT2D eigenvalue weighted by molar-refractivity contribution is 7.91. The number of hydrogen-bond donors (Lipinski definition) is 0. The number of hydrogen-bond acceptors (Lipinski definition) is 3. The molecule has 1 aromatic rings. The van der Waals surface area contributed by atoms with Crippen LogP contribution in [0.3, 0.4) is 0 Å². The van der Waals surface area contributed by atoms with Crippen molar-refractivity contribution in [2.24, 2.45) is 11.8 Å². The lowest BCUT2D eigenvalue weighted by Gasteiger charge is -2.26. The summed E-state index contributed by atoms with van der Waals surface area (Å²) in [7, 11) is -2.77. The fourth-order valence-electron chi connectivity index (χ4n) is 4.24. The highest BCUT2D eigenvalue weighted by atomic mass is 32.2. The molecule has 0 bridgehead atoms. The van der Waals surface area contributed by atoms with E-state index in [1.165, 1.54) is 17.5 Å². The van der Waals surface area contributed by atoms with E-state index in [1.807, 2.05) is 0 Å². The third-order valence-electron chi connectivity index (χ3n) is 5.61. The van der Waals surface area contributed by atoms with Gasteiger partial charge in [-0.3, -0.25) is 0 Å². The summed E-state index contributed by atoms with van der Waals surface area (Å²) in [5, 5.41) is 0. The Bertz CT molecular complexity index is 636. The van der Waals surface area contributed by atoms with Gasteiger partial charge in [-0.25, -0.2) is 8.42 Å². The van der Waals surface area contributed by atoms with Gasteiger partial charge in [0.15, 0.2) is 9.84 Å². The van der Waals surface area contributed by atoms with Crippen molar-refractivity contribution in [1.82, 2.24) is 4.90 Å². The van der Waals surface area contributed by atoms with Gasteiger partial charge in [0.2, 0.25) is 0 Å². The molecule has 0 aliphatic carbocycles. The van der Waals surface area contributed by atoms with Crippen molar-refractivity contribution < 1.29 is 8.42 Å². The van der Waals surface area contributed by atoms with Crippen molar-refractivity contribution in [3.63, 3.8) is 0 Å². The molecular weight excluding hydrogens is 318 g/mol. The zero-order valence-corrected chi connectivity index (χ0v) is 15.9. The summed E-state index contributed by atoms with van der Waals surface area (Å²) in [5.41, 5.74) is 2.84. The van der Waals surface area contributed by atoms with Crippen LogP contribution in [0.25, 0.3) is 0 Å². The minimum atomic E-state index is -2.77. The molecule has 0 N–H and O–H groups in total. The van der Waals surface area contributed by atoms with Gasteiger partial charge in [-0.05, 0) is 61.1 Å². The first kappa shape index (κ1) is 17.9. The maximum Gasteiger partial charge on any atom is 0.150 e. The average Bonchev–Trinajstić information content (AvgIpc) is 2.94. The van der Waals surface area contributed by atoms with E-state index in [2.05, 4.69) is 43.0 Å². The highest BCUT2D eigenvalue weighted by Crippen LogP contribution is 2.25. The Morgan fingerprint density at radius 2 is 1.88 bits per heavy atom. The molecule has 1 aromatic carbocycles. The Labute approximate surface area is 147 Å². The Balaban J connectivity index is 1.48. The van der Waals surface area contributed by atoms with Gasteiger partial charge in [0.25, 0.3) is 0 Å². The van der Waals surface area contributed by atoms with Gasteiger partial charge in [-0.2, -0.15) is 0 Å². The molecule has 2 aliphatic rings. The van der Waals surface area contributed by atoms with Crippen LogP contribution in [0.4, 0.5) is 0 Å². The maximum atomic E-state index is 11.8. The van der Waals surface area contributed by atoms with E-state index in [1.54, 1.807) is 0 Å². The van der Waals surface area contributed by atoms with Gasteiger partial charge in [-0.1, -0.05) is 38.1 Å². The average molecular weight is 350 g/mol. The molecule has 0 aromatic heterocycles. The zero-order chi connectivity index (χ0) is 17.2. The highest BCUT2D eigenvalue weighted by Gasteiger charge is 2.29. The zero-order valence-electron chi connectivity index (χ0n) is 15.1. The van der Waals surface area contributed by atoms with Gasteiger partial charge in [-0.15, -0.1) is 0 Å². The van der Waals surface area contributed by atoms with E-state index in [9.17, 15) is 8.42 Å². The summed E-state index contributed by atoms with van der Waals surface area (Å²) < 4.78 is 23.6. The van der Waals surface area contributed by atoms with Crippen LogP contribution in [0, 0.1) is 11.8 Å². The van der Waals surface area contributed by atoms with E-state index in [0.717, 1.165) is 44.8 Å². The van der Waals surface area contributed by atoms with E-state index in [4.69, 9.17) is 0 Å². The molecule has 3 nitrogen and oxygen atoms in total. The van der Waals surface area contributed by atoms with Crippen molar-refractivity contribution in [3.8, 4) is 0 Å². The Morgan fingerprint density at radius 3 is 2.54 bits per heavy atom. The molecule has 0 spiro atoms. The number of sulfone groups is 1. The van der Waals surface area contributed by atoms with Gasteiger partial charge in [0.05, 0.1) is 11.5 Å². The summed E-state index contributed by atoms with van der Waals surface area (Å²) in [4.78, 5) is 2.50. The van der Waals surface area contributed by atoms with Crippen molar-refractivity contribution in [1.29, 1.82) is 0 Å². The molecule has 2 saturated heterocycles. The lowest BCUT2D eigenvalue weighted by atomic mass is 9.95. The summed E-state index contributed by atoms with van der Waals surface area (Å²) >= 11 is 0. The van der Waals surface area contributed by atoms with Crippen LogP contribution in [-0.2, 0) is 16.3 Å². The minimum Gasteiger partial charge on any atom is -0.303 e. The molecule has 4 heteroatoms. The molecule has 134 valence electrons. The fraction of sp³-hybridized carbons (Fsp3) is 0.700. The molecule has 0 radical (unpaired) electrons. The van der Waals surface area contributed by atoms with Crippen LogP contribution >= 0.6 is 0 Å². The fourth-order valence-corrected chi connectivity index (χ4v) is 6.01. The molecule has 2 aliphatic heterocycles. The molecule has 0 amide bonds. The van der Waals surface area contributed by atoms with Gasteiger partial charge < -0.3 is 4.90 Å². The molecule has 0 saturated carbocycles. The molecule has 2 atom stereocenters. The first-order valence-corrected chi connectivity index (χ1v) is 11.2. The second kappa shape index (κ2) is 7.57. The van der Waals surface area contributed by atoms with Crippen LogP contribution in [0.1, 0.15) is 50.2 Å². The van der Waals surface area contributed by atoms with Crippen LogP contribution in [0.5, 0.6) is 0 Å². The smallest absolute Gasteiger partial charge is 0.150 e. The monoisotopic (exact) mass is 349 g/mol. The second-order valence-electron chi connectivity index (χ2n) is 8.14. The normalized spacial score (nSPS) is 27.6. The number of likely N-dealkylation sites (tertiary alicyclic amines) is 1. The van der Waals surface area contributed by atoms with E-state index in [-0.39, 0.29) is 0 Å². The van der Waals surface area contributed by atoms with Crippen LogP contribution in [-0.4, -0.2) is 44.5 Å². The van der Waals surface area contributed by atoms with E-state index in [0.29, 0.717) is 23.3 Å². The molecule has 2 fully saturated rings. The quantitative estimate of drug-likeness (QED) is 0.816. The Kier molecular flexibility index (Phi) is 5.66. The Hall–Kier alpha value is -0.870. The molecule has 24 heavy (non-hydrogen) atoms. The summed E-state index contributed by atoms with van der Waals surface area (Å²) in [6.07, 6.45) is 4.33. The van der Waals surface area contributed by atoms with Crippen molar-refractivity contribution in [2.75, 3.05) is 31.1 Å². The van der Waals surface area contributed by atoms with Crippen LogP contribution in [0.15, 0.2) is 24.3 Å². The number of nitrogens with zero attached hydrogens (tertiary/aromatic N) is 1. The van der Waals surface area contributed by atoms with Crippen molar-refractivity contribution in [3.05, 3.63) is 35.4 Å². The SMILES string of the molecule is CC(C)c1ccc(C[C@@H]2CCN(C[C@@H]3CCCS(=O)(=O)C3)C2)cc1. The largest absolute Gasteiger partial charge is 0.303 e. The minimum absolute atomic E-state index is 0.354. The lowest BCUT2D eigenvalue weighted by Crippen LogP contribution is -2.35. The summed E-state index contributed by atoms with van der Waals surface area (Å²) in [6.45, 7) is 7.69. The van der Waals surface area contributed by atoms with Gasteiger partial charge >= 0.3 is 0 Å². The number of benzene rings is 1. The molecule has 2 heterocycles. The standard InChI is InChI=1S/C20H31NO2S/c1-16(2)20-7-5-17(6-8-20)12-18-9-10-21(13-18)14-19-4-3-11-24(22,23)15-19/h5-8,16,18-19H,3-4,9-15H2,1-2H3/t18-,19-/m0/s1. The lowest BCUT2D eigenvalue weighted by molar-refractivity contribution is 0.267. The Morgan fingerprint density at radius 1 is 1.12 bits per heavy atom. The second-order valence-corrected chi connectivity index (χ2v) is 10.4. The molecule has 3 rings (SSSR count). The van der Waals surface area contributed by atoms with Crippen molar-refractivity contribution >= 4 is 9.84 Å². The third kappa shape index (κ3) is 4.82. The van der Waals surface area contributed by atoms with Crippen LogP contribution < -0.4 is 0 Å². The van der Waals surface area contributed by atoms with Crippen LogP contribution in [0.2, 0.25) is 0 Å². The predicted molar refractivity (Wildman–Crippen MR) is 100 cm³/mol. The van der Waals surface area contributed by atoms with Gasteiger partial charge in [0, 0.05) is 13.1 Å². The molecular formula is C20H31NO2S.